The maximum Gasteiger partial charge on any atom is 0.320 e. The maximum atomic E-state index is 12.6. The zero-order chi connectivity index (χ0) is 23.7. The summed E-state index contributed by atoms with van der Waals surface area (Å²) in [5, 5.41) is 14.6. The summed E-state index contributed by atoms with van der Waals surface area (Å²) in [5.41, 5.74) is 4.02. The molecule has 2 aromatic heterocycles. The van der Waals surface area contributed by atoms with Crippen LogP contribution in [-0.4, -0.2) is 34.4 Å². The van der Waals surface area contributed by atoms with E-state index in [1.54, 1.807) is 7.11 Å². The van der Waals surface area contributed by atoms with Gasteiger partial charge in [0.05, 0.1) is 29.7 Å². The molecular weight excluding hydrogens is 428 g/mol. The molecule has 2 amide bonds. The number of H-pyrrole nitrogens is 1. The lowest BCUT2D eigenvalue weighted by Crippen LogP contribution is -2.37. The van der Waals surface area contributed by atoms with Crippen LogP contribution in [0.5, 0.6) is 5.75 Å². The van der Waals surface area contributed by atoms with Crippen molar-refractivity contribution in [2.45, 2.75) is 38.9 Å². The summed E-state index contributed by atoms with van der Waals surface area (Å²) in [7, 11) is 1.67. The minimum absolute atomic E-state index is 0.117. The lowest BCUT2D eigenvalue weighted by atomic mass is 10.0. The minimum atomic E-state index is -0.292. The van der Waals surface area contributed by atoms with Gasteiger partial charge in [-0.25, -0.2) is 9.78 Å². The third-order valence-electron chi connectivity index (χ3n) is 6.29. The molecule has 2 atom stereocenters. The maximum absolute atomic E-state index is 12.6. The molecule has 2 aromatic carbocycles. The van der Waals surface area contributed by atoms with Gasteiger partial charge in [0.1, 0.15) is 11.6 Å². The summed E-state index contributed by atoms with van der Waals surface area (Å²) < 4.78 is 5.27. The molecule has 1 aliphatic heterocycles. The molecule has 2 unspecified atom stereocenters. The summed E-state index contributed by atoms with van der Waals surface area (Å²) >= 11 is 0. The van der Waals surface area contributed by atoms with Crippen molar-refractivity contribution in [3.05, 3.63) is 77.5 Å². The number of carbonyl (C=O) groups is 1. The Labute approximate surface area is 198 Å². The average molecular weight is 457 g/mol. The summed E-state index contributed by atoms with van der Waals surface area (Å²) in [4.78, 5) is 19.7. The van der Waals surface area contributed by atoms with Crippen LogP contribution in [0.1, 0.15) is 36.7 Å². The standard InChI is InChI=1S/C26H28N6O2/c1-16-13-21-24-22(30-31-25(24)32(16)15-18-9-11-20(34-3)12-10-18)14-23(28-21)29-26(33)27-17(2)19-7-5-4-6-8-19/h4-12,14,16-17H,13,15H2,1-3H3,(H,30,31)(H2,27,28,29,33). The van der Waals surface area contributed by atoms with Crippen molar-refractivity contribution in [2.75, 3.05) is 17.3 Å². The molecule has 0 spiro atoms. The number of pyridine rings is 1. The predicted molar refractivity (Wildman–Crippen MR) is 133 cm³/mol. The summed E-state index contributed by atoms with van der Waals surface area (Å²) in [6, 6.07) is 19.6. The van der Waals surface area contributed by atoms with Crippen LogP contribution < -0.4 is 20.3 Å². The van der Waals surface area contributed by atoms with E-state index in [-0.39, 0.29) is 18.1 Å². The van der Waals surface area contributed by atoms with Crippen LogP contribution in [0.25, 0.3) is 10.9 Å². The fourth-order valence-corrected chi connectivity index (χ4v) is 4.46. The molecule has 0 saturated heterocycles. The zero-order valence-electron chi connectivity index (χ0n) is 19.5. The monoisotopic (exact) mass is 456 g/mol. The summed E-state index contributed by atoms with van der Waals surface area (Å²) in [6.45, 7) is 4.86. The third-order valence-corrected chi connectivity index (χ3v) is 6.29. The molecule has 0 saturated carbocycles. The van der Waals surface area contributed by atoms with Gasteiger partial charge in [0.2, 0.25) is 0 Å². The molecule has 1 aliphatic rings. The number of aromatic nitrogens is 3. The highest BCUT2D eigenvalue weighted by molar-refractivity contribution is 5.97. The van der Waals surface area contributed by atoms with Crippen molar-refractivity contribution in [3.63, 3.8) is 0 Å². The SMILES string of the molecule is COc1ccc(CN2c3n[nH]c4cc(NC(=O)NC(C)c5ccccc5)nc(c34)CC2C)cc1. The van der Waals surface area contributed by atoms with E-state index in [0.29, 0.717) is 5.82 Å². The number of methoxy groups -OCH3 is 1. The lowest BCUT2D eigenvalue weighted by molar-refractivity contribution is 0.249. The van der Waals surface area contributed by atoms with Gasteiger partial charge in [-0.15, -0.1) is 0 Å². The second-order valence-corrected chi connectivity index (χ2v) is 8.68. The molecule has 8 nitrogen and oxygen atoms in total. The van der Waals surface area contributed by atoms with Crippen LogP contribution in [0, 0.1) is 0 Å². The van der Waals surface area contributed by atoms with Gasteiger partial charge in [0, 0.05) is 25.1 Å². The van der Waals surface area contributed by atoms with E-state index in [9.17, 15) is 4.79 Å². The Hall–Kier alpha value is -4.07. The van der Waals surface area contributed by atoms with Crippen LogP contribution in [0.15, 0.2) is 60.7 Å². The number of urea groups is 1. The third kappa shape index (κ3) is 4.26. The van der Waals surface area contributed by atoms with Crippen molar-refractivity contribution in [1.82, 2.24) is 20.5 Å². The molecule has 5 rings (SSSR count). The number of benzene rings is 2. The van der Waals surface area contributed by atoms with Gasteiger partial charge in [-0.05, 0) is 37.1 Å². The van der Waals surface area contributed by atoms with Crippen molar-refractivity contribution < 1.29 is 9.53 Å². The lowest BCUT2D eigenvalue weighted by Gasteiger charge is -2.33. The van der Waals surface area contributed by atoms with E-state index in [1.165, 1.54) is 5.56 Å². The first-order valence-electron chi connectivity index (χ1n) is 11.4. The topological polar surface area (TPSA) is 95.2 Å². The number of aromatic amines is 1. The molecule has 0 bridgehead atoms. The molecule has 3 heterocycles. The van der Waals surface area contributed by atoms with Crippen molar-refractivity contribution in [2.24, 2.45) is 0 Å². The Morgan fingerprint density at radius 1 is 1.21 bits per heavy atom. The predicted octanol–water partition coefficient (Wildman–Crippen LogP) is 4.80. The Morgan fingerprint density at radius 3 is 2.71 bits per heavy atom. The second-order valence-electron chi connectivity index (χ2n) is 8.68. The highest BCUT2D eigenvalue weighted by Crippen LogP contribution is 2.36. The Morgan fingerprint density at radius 2 is 1.97 bits per heavy atom. The first-order valence-corrected chi connectivity index (χ1v) is 11.4. The summed E-state index contributed by atoms with van der Waals surface area (Å²) in [6.07, 6.45) is 0.761. The Bertz CT molecular complexity index is 1300. The van der Waals surface area contributed by atoms with Gasteiger partial charge in [-0.3, -0.25) is 10.4 Å². The van der Waals surface area contributed by atoms with Crippen molar-refractivity contribution in [3.8, 4) is 5.75 Å². The van der Waals surface area contributed by atoms with E-state index in [2.05, 4.69) is 44.8 Å². The Kier molecular flexibility index (Phi) is 5.79. The largest absolute Gasteiger partial charge is 0.497 e. The van der Waals surface area contributed by atoms with Crippen LogP contribution in [-0.2, 0) is 13.0 Å². The number of ether oxygens (including phenoxy) is 1. The number of anilines is 2. The number of nitrogens with zero attached hydrogens (tertiary/aromatic N) is 3. The van der Waals surface area contributed by atoms with Gasteiger partial charge >= 0.3 is 6.03 Å². The molecule has 0 radical (unpaired) electrons. The van der Waals surface area contributed by atoms with Crippen molar-refractivity contribution >= 4 is 28.6 Å². The molecule has 3 N–H and O–H groups in total. The molecular formula is C26H28N6O2. The molecule has 0 fully saturated rings. The quantitative estimate of drug-likeness (QED) is 0.387. The van der Waals surface area contributed by atoms with Crippen LogP contribution >= 0.6 is 0 Å². The molecule has 174 valence electrons. The first-order chi connectivity index (χ1) is 16.5. The molecule has 8 heteroatoms. The number of amides is 2. The van der Waals surface area contributed by atoms with E-state index in [4.69, 9.17) is 9.72 Å². The normalized spacial score (nSPS) is 15.7. The zero-order valence-corrected chi connectivity index (χ0v) is 19.5. The smallest absolute Gasteiger partial charge is 0.320 e. The number of carbonyl (C=O) groups excluding carboxylic acids is 1. The van der Waals surface area contributed by atoms with E-state index in [0.717, 1.165) is 46.7 Å². The number of rotatable bonds is 6. The number of hydrogen-bond donors (Lipinski definition) is 3. The molecule has 0 aliphatic carbocycles. The van der Waals surface area contributed by atoms with Gasteiger partial charge in [-0.1, -0.05) is 42.5 Å². The van der Waals surface area contributed by atoms with E-state index < -0.39 is 0 Å². The highest BCUT2D eigenvalue weighted by Gasteiger charge is 2.29. The fourth-order valence-electron chi connectivity index (χ4n) is 4.46. The molecule has 4 aromatic rings. The van der Waals surface area contributed by atoms with Crippen LogP contribution in [0.4, 0.5) is 16.4 Å². The van der Waals surface area contributed by atoms with Gasteiger partial charge in [-0.2, -0.15) is 5.10 Å². The van der Waals surface area contributed by atoms with Gasteiger partial charge < -0.3 is 15.0 Å². The summed E-state index contributed by atoms with van der Waals surface area (Å²) in [5.74, 6) is 2.24. The highest BCUT2D eigenvalue weighted by atomic mass is 16.5. The van der Waals surface area contributed by atoms with E-state index in [1.807, 2.05) is 55.5 Å². The van der Waals surface area contributed by atoms with Crippen molar-refractivity contribution in [1.29, 1.82) is 0 Å². The average Bonchev–Trinajstić information content (AvgIpc) is 3.27. The minimum Gasteiger partial charge on any atom is -0.497 e. The van der Waals surface area contributed by atoms with E-state index >= 15 is 0 Å². The fraction of sp³-hybridized carbons (Fsp3) is 0.269. The van der Waals surface area contributed by atoms with Crippen LogP contribution in [0.3, 0.4) is 0 Å². The van der Waals surface area contributed by atoms with Gasteiger partial charge in [0.25, 0.3) is 0 Å². The number of nitrogens with one attached hydrogen (secondary N) is 3. The Balaban J connectivity index is 1.34. The second kappa shape index (κ2) is 9.05. The first kappa shape index (κ1) is 21.8. The molecule has 34 heavy (non-hydrogen) atoms. The van der Waals surface area contributed by atoms with Crippen LogP contribution in [0.2, 0.25) is 0 Å². The van der Waals surface area contributed by atoms with Gasteiger partial charge in [0.15, 0.2) is 5.82 Å². The number of hydrogen-bond acceptors (Lipinski definition) is 5.